The minimum Gasteiger partial charge on any atom is -0.247 e. The number of pyridine rings is 1. The average Bonchev–Trinajstić information content (AvgIpc) is 2.00. The molecular weight excluding hydrogens is 248 g/mol. The molecule has 0 aliphatic carbocycles. The number of aromatic nitrogens is 1. The van der Waals surface area contributed by atoms with Crippen LogP contribution in [0.4, 0.5) is 26.3 Å². The lowest BCUT2D eigenvalue weighted by Gasteiger charge is -2.10. The Balaban J connectivity index is 3.42. The van der Waals surface area contributed by atoms with Crippen molar-refractivity contribution in [1.29, 1.82) is 0 Å². The maximum absolute atomic E-state index is 12.9. The maximum Gasteiger partial charge on any atom is 0.436 e. The second-order valence-corrected chi connectivity index (χ2v) is 2.89. The second kappa shape index (κ2) is 3.88. The summed E-state index contributed by atoms with van der Waals surface area (Å²) < 4.78 is 73.3. The molecule has 0 aromatic carbocycles. The van der Waals surface area contributed by atoms with Crippen molar-refractivity contribution in [2.24, 2.45) is 0 Å². The molecule has 0 saturated heterocycles. The highest BCUT2D eigenvalue weighted by Gasteiger charge is 2.38. The van der Waals surface area contributed by atoms with Gasteiger partial charge in [0.1, 0.15) is 0 Å². The number of nitrogens with zero attached hydrogens (tertiary/aromatic N) is 1. The normalized spacial score (nSPS) is 12.3. The van der Waals surface area contributed by atoms with Gasteiger partial charge in [0.25, 0.3) is 6.43 Å². The predicted molar refractivity (Wildman–Crippen MR) is 39.2 cm³/mol. The van der Waals surface area contributed by atoms with E-state index in [2.05, 4.69) is 4.98 Å². The summed E-state index contributed by atoms with van der Waals surface area (Å²) >= 11 is 5.10. The van der Waals surface area contributed by atoms with Crippen molar-refractivity contribution < 1.29 is 26.3 Å². The molecule has 0 radical (unpaired) electrons. The van der Waals surface area contributed by atoms with E-state index in [0.717, 1.165) is 0 Å². The first kappa shape index (κ1) is 12.1. The third-order valence-corrected chi connectivity index (χ3v) is 1.80. The lowest BCUT2D eigenvalue weighted by molar-refractivity contribution is -0.143. The summed E-state index contributed by atoms with van der Waals surface area (Å²) in [7, 11) is 0. The fourth-order valence-corrected chi connectivity index (χ4v) is 1.09. The highest BCUT2D eigenvalue weighted by Crippen LogP contribution is 2.36. The van der Waals surface area contributed by atoms with E-state index in [-0.39, 0.29) is 0 Å². The molecule has 1 nitrogen and oxygen atoms in total. The zero-order valence-electron chi connectivity index (χ0n) is 6.75. The van der Waals surface area contributed by atoms with Crippen LogP contribution in [0.1, 0.15) is 17.7 Å². The lowest BCUT2D eigenvalue weighted by atomic mass is 10.2. The Kier molecular flexibility index (Phi) is 3.13. The standard InChI is InChI=1S/C7H2ClF6N/c8-2-1-15-5(7(12,13)14)4(9)3(2)6(10)11/h1,6H. The second-order valence-electron chi connectivity index (χ2n) is 2.48. The fraction of sp³-hybridized carbons (Fsp3) is 0.286. The summed E-state index contributed by atoms with van der Waals surface area (Å²) in [4.78, 5) is 2.63. The Morgan fingerprint density at radius 1 is 1.27 bits per heavy atom. The van der Waals surface area contributed by atoms with Crippen LogP contribution in [0, 0.1) is 5.82 Å². The van der Waals surface area contributed by atoms with E-state index >= 15 is 0 Å². The van der Waals surface area contributed by atoms with Gasteiger partial charge in [-0.2, -0.15) is 13.2 Å². The summed E-state index contributed by atoms with van der Waals surface area (Å²) in [5.41, 5.74) is -3.49. The number of halogens is 7. The Labute approximate surface area is 84.7 Å². The van der Waals surface area contributed by atoms with Crippen LogP contribution >= 0.6 is 11.6 Å². The SMILES string of the molecule is Fc1c(C(F)(F)F)ncc(Cl)c1C(F)F. The van der Waals surface area contributed by atoms with Gasteiger partial charge in [-0.3, -0.25) is 0 Å². The molecule has 1 aromatic heterocycles. The Hall–Kier alpha value is -0.980. The minimum absolute atomic E-state index is 0.342. The fourth-order valence-electron chi connectivity index (χ4n) is 0.877. The highest BCUT2D eigenvalue weighted by atomic mass is 35.5. The molecule has 0 amide bonds. The molecule has 0 saturated carbocycles. The van der Waals surface area contributed by atoms with E-state index in [1.807, 2.05) is 0 Å². The van der Waals surface area contributed by atoms with E-state index in [4.69, 9.17) is 11.6 Å². The van der Waals surface area contributed by atoms with Crippen molar-refractivity contribution in [3.8, 4) is 0 Å². The smallest absolute Gasteiger partial charge is 0.247 e. The molecule has 1 rings (SSSR count). The topological polar surface area (TPSA) is 12.9 Å². The van der Waals surface area contributed by atoms with Crippen LogP contribution in [0.2, 0.25) is 5.02 Å². The number of rotatable bonds is 1. The first-order valence-corrected chi connectivity index (χ1v) is 3.82. The van der Waals surface area contributed by atoms with E-state index in [9.17, 15) is 26.3 Å². The van der Waals surface area contributed by atoms with Gasteiger partial charge in [0.05, 0.1) is 10.6 Å². The Bertz CT molecular complexity index is 374. The van der Waals surface area contributed by atoms with Crippen LogP contribution in [0.5, 0.6) is 0 Å². The number of hydrogen-bond donors (Lipinski definition) is 0. The predicted octanol–water partition coefficient (Wildman–Crippen LogP) is 3.83. The van der Waals surface area contributed by atoms with Crippen molar-refractivity contribution in [2.75, 3.05) is 0 Å². The van der Waals surface area contributed by atoms with Gasteiger partial charge >= 0.3 is 6.18 Å². The van der Waals surface area contributed by atoms with Gasteiger partial charge < -0.3 is 0 Å². The molecule has 8 heteroatoms. The van der Waals surface area contributed by atoms with Crippen LogP contribution in [-0.2, 0) is 6.18 Å². The van der Waals surface area contributed by atoms with Gasteiger partial charge in [0.2, 0.25) is 0 Å². The van der Waals surface area contributed by atoms with Gasteiger partial charge in [-0.25, -0.2) is 18.2 Å². The molecule has 1 aromatic rings. The minimum atomic E-state index is -5.13. The van der Waals surface area contributed by atoms with Crippen molar-refractivity contribution in [2.45, 2.75) is 12.6 Å². The van der Waals surface area contributed by atoms with Crippen LogP contribution in [-0.4, -0.2) is 4.98 Å². The van der Waals surface area contributed by atoms with Gasteiger partial charge in [-0.15, -0.1) is 0 Å². The van der Waals surface area contributed by atoms with Crippen molar-refractivity contribution in [3.63, 3.8) is 0 Å². The summed E-state index contributed by atoms with van der Waals surface area (Å²) in [6.07, 6.45) is -8.21. The average molecular weight is 250 g/mol. The summed E-state index contributed by atoms with van der Waals surface area (Å²) in [6.45, 7) is 0. The molecule has 0 fully saturated rings. The highest BCUT2D eigenvalue weighted by molar-refractivity contribution is 6.31. The quantitative estimate of drug-likeness (QED) is 0.689. The maximum atomic E-state index is 12.9. The molecule has 84 valence electrons. The van der Waals surface area contributed by atoms with Gasteiger partial charge in [0, 0.05) is 6.20 Å². The molecule has 0 spiro atoms. The molecule has 0 aliphatic heterocycles. The van der Waals surface area contributed by atoms with Gasteiger partial charge in [0.15, 0.2) is 11.5 Å². The molecule has 0 atom stereocenters. The van der Waals surface area contributed by atoms with Crippen LogP contribution in [0.3, 0.4) is 0 Å². The van der Waals surface area contributed by atoms with Crippen LogP contribution < -0.4 is 0 Å². The third kappa shape index (κ3) is 2.34. The molecule has 1 heterocycles. The summed E-state index contributed by atoms with van der Waals surface area (Å²) in [6, 6.07) is 0. The number of hydrogen-bond acceptors (Lipinski definition) is 1. The van der Waals surface area contributed by atoms with Crippen LogP contribution in [0.15, 0.2) is 6.20 Å². The largest absolute Gasteiger partial charge is 0.436 e. The monoisotopic (exact) mass is 249 g/mol. The van der Waals surface area contributed by atoms with Crippen molar-refractivity contribution in [1.82, 2.24) is 4.98 Å². The Morgan fingerprint density at radius 2 is 1.80 bits per heavy atom. The van der Waals surface area contributed by atoms with E-state index in [0.29, 0.717) is 6.20 Å². The van der Waals surface area contributed by atoms with Crippen LogP contribution in [0.25, 0.3) is 0 Å². The van der Waals surface area contributed by atoms with E-state index < -0.39 is 34.7 Å². The first-order valence-electron chi connectivity index (χ1n) is 3.44. The molecule has 15 heavy (non-hydrogen) atoms. The van der Waals surface area contributed by atoms with Gasteiger partial charge in [-0.05, 0) is 0 Å². The van der Waals surface area contributed by atoms with E-state index in [1.54, 1.807) is 0 Å². The van der Waals surface area contributed by atoms with Crippen molar-refractivity contribution in [3.05, 3.63) is 28.3 Å². The van der Waals surface area contributed by atoms with E-state index in [1.165, 1.54) is 0 Å². The number of alkyl halides is 5. The first-order chi connectivity index (χ1) is 6.75. The lowest BCUT2D eigenvalue weighted by Crippen LogP contribution is -2.13. The molecule has 0 bridgehead atoms. The molecule has 0 N–H and O–H groups in total. The van der Waals surface area contributed by atoms with Gasteiger partial charge in [-0.1, -0.05) is 11.6 Å². The molecule has 0 unspecified atom stereocenters. The molecule has 0 aliphatic rings. The summed E-state index contributed by atoms with van der Waals surface area (Å²) in [5, 5.41) is -0.837. The zero-order valence-corrected chi connectivity index (χ0v) is 7.50. The third-order valence-electron chi connectivity index (χ3n) is 1.50. The summed E-state index contributed by atoms with van der Waals surface area (Å²) in [5.74, 6) is -2.13. The van der Waals surface area contributed by atoms with Crippen molar-refractivity contribution >= 4 is 11.6 Å². The zero-order chi connectivity index (χ0) is 11.8. The Morgan fingerprint density at radius 3 is 2.20 bits per heavy atom. The molecular formula is C7H2ClF6N.